The van der Waals surface area contributed by atoms with Gasteiger partial charge in [0.25, 0.3) is 0 Å². The molecule has 1 aliphatic heterocycles. The predicted molar refractivity (Wildman–Crippen MR) is 243 cm³/mol. The Bertz CT molecular complexity index is 1850. The van der Waals surface area contributed by atoms with Gasteiger partial charge in [0.1, 0.15) is 42.3 Å². The van der Waals surface area contributed by atoms with Crippen LogP contribution < -0.4 is 54.4 Å². The molecule has 370 valence electrons. The van der Waals surface area contributed by atoms with Gasteiger partial charge in [-0.1, -0.05) is 27.7 Å². The molecule has 66 heavy (non-hydrogen) atoms. The normalized spacial score (nSPS) is 16.6. The van der Waals surface area contributed by atoms with Crippen LogP contribution in [-0.2, 0) is 49.6 Å². The molecule has 26 heteroatoms. The number of aromatic amines is 1. The SMILES string of the molecule is CSCC[C@H](N)C(=O)N[C@@H](C)C(=O)N1CCC[C@H]1C(=O)N[C@@H](CO)C(=O)N[C@H](C(=O)NCC(=O)N[C@@H](Cc1cnc[nH]1)C(=O)N[C@H](C(=O)N[C@@H](CCCN=C(N)N)C(=O)O)C(C)C)C(C)C. The smallest absolute Gasteiger partial charge is 0.326 e. The highest BCUT2D eigenvalue weighted by molar-refractivity contribution is 7.98. The molecular formula is C40H68N14O11S. The number of imidazole rings is 1. The molecule has 0 bridgehead atoms. The van der Waals surface area contributed by atoms with Crippen LogP contribution in [-0.4, -0.2) is 171 Å². The number of nitrogens with zero attached hydrogens (tertiary/aromatic N) is 3. The summed E-state index contributed by atoms with van der Waals surface area (Å²) >= 11 is 1.52. The Kier molecular flexibility index (Phi) is 23.9. The standard InChI is InChI=1S/C40H68N14O11S/c1-20(2)30(52-34(59)27(18-55)51-35(60)28-10-8-13-54(28)38(63)22(5)48-32(57)24(41)11-14-66-6)36(61)46-17-29(56)49-26(15-23-16-44-19-47-23)33(58)53-31(21(3)4)37(62)50-25(39(64)65)9-7-12-45-40(42)43/h16,19-22,24-28,30-31,55H,7-15,17-18,41H2,1-6H3,(H,44,47)(H,46,61)(H,48,57)(H,49,56)(H,50,62)(H,51,60)(H,52,59)(H,53,58)(H,64,65)(H4,42,43,45)/t22-,24-,25-,26-,27-,28-,30-,31-/m0/s1. The number of nitrogens with one attached hydrogen (secondary N) is 8. The minimum atomic E-state index is -1.54. The third kappa shape index (κ3) is 18.5. The van der Waals surface area contributed by atoms with Crippen LogP contribution in [0.3, 0.4) is 0 Å². The summed E-state index contributed by atoms with van der Waals surface area (Å²) in [6.07, 6.45) is 5.85. The molecule has 0 radical (unpaired) electrons. The van der Waals surface area contributed by atoms with Crippen LogP contribution in [0.15, 0.2) is 17.5 Å². The second kappa shape index (κ2) is 28.1. The highest BCUT2D eigenvalue weighted by atomic mass is 32.2. The molecule has 1 aromatic heterocycles. The van der Waals surface area contributed by atoms with E-state index in [1.54, 1.807) is 27.7 Å². The maximum Gasteiger partial charge on any atom is 0.326 e. The molecule has 16 N–H and O–H groups in total. The number of carboxylic acids is 1. The molecule has 8 atom stereocenters. The first-order chi connectivity index (χ1) is 31.1. The van der Waals surface area contributed by atoms with Crippen molar-refractivity contribution in [2.45, 2.75) is 121 Å². The highest BCUT2D eigenvalue weighted by Crippen LogP contribution is 2.19. The van der Waals surface area contributed by atoms with Crippen molar-refractivity contribution in [1.29, 1.82) is 0 Å². The summed E-state index contributed by atoms with van der Waals surface area (Å²) in [7, 11) is 0. The lowest BCUT2D eigenvalue weighted by Gasteiger charge is -2.29. The largest absolute Gasteiger partial charge is 0.480 e. The minimum Gasteiger partial charge on any atom is -0.480 e. The van der Waals surface area contributed by atoms with Crippen molar-refractivity contribution in [2.75, 3.05) is 38.2 Å². The molecule has 0 spiro atoms. The van der Waals surface area contributed by atoms with E-state index >= 15 is 0 Å². The van der Waals surface area contributed by atoms with Gasteiger partial charge in [-0.05, 0) is 62.9 Å². The number of rotatable bonds is 28. The van der Waals surface area contributed by atoms with Gasteiger partial charge in [-0.25, -0.2) is 9.78 Å². The van der Waals surface area contributed by atoms with Gasteiger partial charge < -0.3 is 74.5 Å². The summed E-state index contributed by atoms with van der Waals surface area (Å²) in [6.45, 7) is 6.73. The summed E-state index contributed by atoms with van der Waals surface area (Å²) in [5.41, 5.74) is 17.0. The van der Waals surface area contributed by atoms with Gasteiger partial charge in [0.15, 0.2) is 5.96 Å². The lowest BCUT2D eigenvalue weighted by atomic mass is 10.0. The molecule has 1 fully saturated rings. The fourth-order valence-corrected chi connectivity index (χ4v) is 7.21. The maximum absolute atomic E-state index is 13.7. The molecule has 1 aromatic rings. The van der Waals surface area contributed by atoms with Crippen molar-refractivity contribution in [3.8, 4) is 0 Å². The van der Waals surface area contributed by atoms with Gasteiger partial charge in [-0.15, -0.1) is 0 Å². The summed E-state index contributed by atoms with van der Waals surface area (Å²) in [5.74, 6) is -7.89. The number of H-pyrrole nitrogens is 1. The number of carbonyl (C=O) groups excluding carboxylic acids is 8. The zero-order chi connectivity index (χ0) is 49.7. The lowest BCUT2D eigenvalue weighted by Crippen LogP contribution is -2.60. The molecule has 0 aromatic carbocycles. The van der Waals surface area contributed by atoms with Crippen molar-refractivity contribution in [2.24, 2.45) is 34.0 Å². The molecule has 2 rings (SSSR count). The molecule has 25 nitrogen and oxygen atoms in total. The molecule has 0 saturated carbocycles. The number of aromatic nitrogens is 2. The van der Waals surface area contributed by atoms with Gasteiger partial charge in [0.05, 0.1) is 25.5 Å². The van der Waals surface area contributed by atoms with Crippen LogP contribution in [0.4, 0.5) is 0 Å². The zero-order valence-electron chi connectivity index (χ0n) is 38.3. The van der Waals surface area contributed by atoms with Gasteiger partial charge in [0, 0.05) is 31.4 Å². The zero-order valence-corrected chi connectivity index (χ0v) is 39.1. The van der Waals surface area contributed by atoms with E-state index in [-0.39, 0.29) is 44.7 Å². The van der Waals surface area contributed by atoms with Crippen LogP contribution >= 0.6 is 11.8 Å². The molecule has 0 aliphatic carbocycles. The number of carbonyl (C=O) groups is 9. The summed E-state index contributed by atoms with van der Waals surface area (Å²) < 4.78 is 0. The molecule has 1 saturated heterocycles. The van der Waals surface area contributed by atoms with Gasteiger partial charge >= 0.3 is 5.97 Å². The minimum absolute atomic E-state index is 0.0116. The van der Waals surface area contributed by atoms with Crippen molar-refractivity contribution >= 4 is 70.9 Å². The third-order valence-electron chi connectivity index (χ3n) is 10.5. The first kappa shape index (κ1) is 56.1. The molecular weight excluding hydrogens is 885 g/mol. The van der Waals surface area contributed by atoms with Crippen molar-refractivity contribution in [3.05, 3.63) is 18.2 Å². The Morgan fingerprint density at radius 2 is 1.48 bits per heavy atom. The van der Waals surface area contributed by atoms with Crippen LogP contribution in [0.1, 0.15) is 72.4 Å². The molecule has 0 unspecified atom stereocenters. The predicted octanol–water partition coefficient (Wildman–Crippen LogP) is -4.49. The van der Waals surface area contributed by atoms with Crippen LogP contribution in [0.25, 0.3) is 0 Å². The van der Waals surface area contributed by atoms with Crippen LogP contribution in [0.2, 0.25) is 0 Å². The topological polar surface area (TPSA) is 401 Å². The average Bonchev–Trinajstić information content (AvgIpc) is 3.97. The van der Waals surface area contributed by atoms with Crippen molar-refractivity contribution in [1.82, 2.24) is 52.1 Å². The number of likely N-dealkylation sites (tertiary alicyclic amines) is 1. The van der Waals surface area contributed by atoms with Crippen LogP contribution in [0, 0.1) is 11.8 Å². The summed E-state index contributed by atoms with van der Waals surface area (Å²) in [4.78, 5) is 130. The van der Waals surface area contributed by atoms with Crippen LogP contribution in [0.5, 0.6) is 0 Å². The number of aliphatic imine (C=N–C) groups is 1. The number of thioether (sulfide) groups is 1. The average molecular weight is 953 g/mol. The van der Waals surface area contributed by atoms with Gasteiger partial charge in [-0.3, -0.25) is 43.3 Å². The van der Waals surface area contributed by atoms with Gasteiger partial charge in [-0.2, -0.15) is 11.8 Å². The van der Waals surface area contributed by atoms with E-state index < -0.39 is 127 Å². The van der Waals surface area contributed by atoms with Crippen molar-refractivity contribution < 1.29 is 53.4 Å². The Morgan fingerprint density at radius 3 is 2.05 bits per heavy atom. The number of aliphatic hydroxyl groups is 1. The Balaban J connectivity index is 2.08. The number of nitrogens with two attached hydrogens (primary N) is 3. The number of aliphatic hydroxyl groups excluding tert-OH is 1. The number of amides is 8. The molecule has 1 aliphatic rings. The number of carboxylic acid groups (broad SMARTS) is 1. The Morgan fingerprint density at radius 1 is 0.848 bits per heavy atom. The number of hydrogen-bond acceptors (Lipinski definition) is 14. The van der Waals surface area contributed by atoms with E-state index in [0.717, 1.165) is 0 Å². The lowest BCUT2D eigenvalue weighted by molar-refractivity contribution is -0.142. The van der Waals surface area contributed by atoms with E-state index in [9.17, 15) is 53.4 Å². The molecule has 8 amide bonds. The maximum atomic E-state index is 13.7. The Hall–Kier alpha value is -6.02. The monoisotopic (exact) mass is 952 g/mol. The van der Waals surface area contributed by atoms with E-state index in [1.165, 1.54) is 36.1 Å². The number of guanidine groups is 1. The summed E-state index contributed by atoms with van der Waals surface area (Å²) in [5, 5.41) is 37.3. The second-order valence-electron chi connectivity index (χ2n) is 16.5. The molecule has 2 heterocycles. The van der Waals surface area contributed by atoms with E-state index in [2.05, 4.69) is 52.2 Å². The second-order valence-corrected chi connectivity index (χ2v) is 17.5. The fourth-order valence-electron chi connectivity index (χ4n) is 6.72. The van der Waals surface area contributed by atoms with E-state index in [0.29, 0.717) is 24.3 Å². The fraction of sp³-hybridized carbons (Fsp3) is 0.675. The Labute approximate surface area is 387 Å². The summed E-state index contributed by atoms with van der Waals surface area (Å²) in [6, 6.07) is -9.52. The number of aliphatic carboxylic acids is 1. The van der Waals surface area contributed by atoms with Crippen molar-refractivity contribution in [3.63, 3.8) is 0 Å². The first-order valence-electron chi connectivity index (χ1n) is 21.6. The number of hydrogen-bond donors (Lipinski definition) is 13. The van der Waals surface area contributed by atoms with E-state index in [4.69, 9.17) is 17.2 Å². The first-order valence-corrected chi connectivity index (χ1v) is 23.0. The van der Waals surface area contributed by atoms with Gasteiger partial charge in [0.2, 0.25) is 47.3 Å². The third-order valence-corrected chi connectivity index (χ3v) is 11.1. The van der Waals surface area contributed by atoms with E-state index in [1.807, 2.05) is 6.26 Å². The quantitative estimate of drug-likeness (QED) is 0.0214. The highest BCUT2D eigenvalue weighted by Gasteiger charge is 2.39.